The molecule has 1 fully saturated rings. The first kappa shape index (κ1) is 23.9. The number of para-hydroxylation sites is 1. The summed E-state index contributed by atoms with van der Waals surface area (Å²) < 4.78 is 2.08. The summed E-state index contributed by atoms with van der Waals surface area (Å²) in [6.45, 7) is 7.74. The molecule has 7 nitrogen and oxygen atoms in total. The standard InChI is InChI=1S/C27H34N6OS/c1-18(2)25(26-29-30-31-33(26)22-11-5-4-6-12-22)32(17-23-13-8-14-35-23)16-21-15-20-10-7-9-19(3)24(20)28-27(21)34/h7-10,13-15,18,22,25H,4-6,11-12,16-17H2,1-3H3,(H,28,34)/t25-/m1/s1. The molecule has 1 N–H and O–H groups in total. The molecule has 0 bridgehead atoms. The summed E-state index contributed by atoms with van der Waals surface area (Å²) in [6.07, 6.45) is 5.98. The van der Waals surface area contributed by atoms with Crippen molar-refractivity contribution < 1.29 is 0 Å². The number of nitrogens with one attached hydrogen (secondary N) is 1. The Morgan fingerprint density at radius 3 is 2.71 bits per heavy atom. The molecule has 3 heterocycles. The second-order valence-electron chi connectivity index (χ2n) is 10.1. The fraction of sp³-hybridized carbons (Fsp3) is 0.481. The van der Waals surface area contributed by atoms with E-state index >= 15 is 0 Å². The molecule has 35 heavy (non-hydrogen) atoms. The molecule has 0 saturated heterocycles. The molecule has 1 aliphatic rings. The molecule has 4 aromatic rings. The van der Waals surface area contributed by atoms with E-state index in [1.165, 1.54) is 24.1 Å². The van der Waals surface area contributed by atoms with Gasteiger partial charge in [0.1, 0.15) is 0 Å². The Hall–Kier alpha value is -2.84. The quantitative estimate of drug-likeness (QED) is 0.338. The molecule has 0 radical (unpaired) electrons. The van der Waals surface area contributed by atoms with Crippen LogP contribution in [-0.4, -0.2) is 30.1 Å². The summed E-state index contributed by atoms with van der Waals surface area (Å²) in [5.74, 6) is 1.18. The molecule has 5 rings (SSSR count). The van der Waals surface area contributed by atoms with E-state index in [4.69, 9.17) is 0 Å². The molecule has 1 saturated carbocycles. The molecule has 0 amide bonds. The zero-order chi connectivity index (χ0) is 24.4. The Balaban J connectivity index is 1.54. The molecule has 8 heteroatoms. The van der Waals surface area contributed by atoms with Gasteiger partial charge in [0.05, 0.1) is 17.6 Å². The summed E-state index contributed by atoms with van der Waals surface area (Å²) in [4.78, 5) is 20.0. The van der Waals surface area contributed by atoms with Crippen LogP contribution in [0.4, 0.5) is 0 Å². The monoisotopic (exact) mass is 490 g/mol. The average molecular weight is 491 g/mol. The Morgan fingerprint density at radius 1 is 1.14 bits per heavy atom. The molecule has 0 aliphatic heterocycles. The van der Waals surface area contributed by atoms with Gasteiger partial charge in [-0.15, -0.1) is 16.4 Å². The maximum atomic E-state index is 13.2. The molecule has 1 atom stereocenters. The highest BCUT2D eigenvalue weighted by Crippen LogP contribution is 2.35. The first-order chi connectivity index (χ1) is 17.0. The van der Waals surface area contributed by atoms with Gasteiger partial charge in [-0.05, 0) is 64.6 Å². The van der Waals surface area contributed by atoms with Gasteiger partial charge in [-0.1, -0.05) is 57.4 Å². The maximum absolute atomic E-state index is 13.2. The lowest BCUT2D eigenvalue weighted by Gasteiger charge is -2.34. The Kier molecular flexibility index (Phi) is 7.11. The summed E-state index contributed by atoms with van der Waals surface area (Å²) in [7, 11) is 0. The van der Waals surface area contributed by atoms with Crippen molar-refractivity contribution in [1.82, 2.24) is 30.1 Å². The number of fused-ring (bicyclic) bond motifs is 1. The van der Waals surface area contributed by atoms with Crippen LogP contribution in [-0.2, 0) is 13.1 Å². The lowest BCUT2D eigenvalue weighted by Crippen LogP contribution is -2.35. The van der Waals surface area contributed by atoms with Crippen LogP contribution in [0.2, 0.25) is 0 Å². The second kappa shape index (κ2) is 10.4. The molecule has 1 aromatic carbocycles. The summed E-state index contributed by atoms with van der Waals surface area (Å²) in [5, 5.41) is 16.3. The molecule has 0 unspecified atom stereocenters. The van der Waals surface area contributed by atoms with E-state index in [2.05, 4.69) is 67.5 Å². The van der Waals surface area contributed by atoms with Gasteiger partial charge in [-0.25, -0.2) is 4.68 Å². The SMILES string of the molecule is Cc1cccc2cc(CN(Cc3cccs3)[C@@H](c3nnnn3C3CCCCC3)C(C)C)c(=O)[nH]c12. The van der Waals surface area contributed by atoms with Gasteiger partial charge >= 0.3 is 0 Å². The first-order valence-electron chi connectivity index (χ1n) is 12.7. The second-order valence-corrected chi connectivity index (χ2v) is 11.1. The van der Waals surface area contributed by atoms with Crippen LogP contribution >= 0.6 is 11.3 Å². The van der Waals surface area contributed by atoms with Crippen molar-refractivity contribution in [3.8, 4) is 0 Å². The number of aryl methyl sites for hydroxylation is 1. The summed E-state index contributed by atoms with van der Waals surface area (Å²) in [6, 6.07) is 12.8. The predicted octanol–water partition coefficient (Wildman–Crippen LogP) is 5.79. The molecule has 3 aromatic heterocycles. The van der Waals surface area contributed by atoms with Crippen LogP contribution in [0.3, 0.4) is 0 Å². The van der Waals surface area contributed by atoms with Gasteiger partial charge in [-0.2, -0.15) is 0 Å². The minimum absolute atomic E-state index is 0.0124. The third kappa shape index (κ3) is 5.09. The van der Waals surface area contributed by atoms with Crippen molar-refractivity contribution in [2.45, 2.75) is 78.0 Å². The lowest BCUT2D eigenvalue weighted by molar-refractivity contribution is 0.122. The fourth-order valence-corrected chi connectivity index (χ4v) is 6.21. The van der Waals surface area contributed by atoms with Gasteiger partial charge in [-0.3, -0.25) is 9.69 Å². The van der Waals surface area contributed by atoms with Gasteiger partial charge in [0, 0.05) is 23.5 Å². The number of pyridine rings is 1. The normalized spacial score (nSPS) is 15.9. The Bertz CT molecular complexity index is 1320. The zero-order valence-electron chi connectivity index (χ0n) is 20.8. The number of hydrogen-bond donors (Lipinski definition) is 1. The number of hydrogen-bond acceptors (Lipinski definition) is 6. The number of H-pyrrole nitrogens is 1. The van der Waals surface area contributed by atoms with Crippen molar-refractivity contribution in [3.63, 3.8) is 0 Å². The van der Waals surface area contributed by atoms with Crippen molar-refractivity contribution in [2.24, 2.45) is 5.92 Å². The largest absolute Gasteiger partial charge is 0.321 e. The third-order valence-corrected chi connectivity index (χ3v) is 8.07. The first-order valence-corrected chi connectivity index (χ1v) is 13.5. The van der Waals surface area contributed by atoms with E-state index in [-0.39, 0.29) is 17.5 Å². The van der Waals surface area contributed by atoms with Gasteiger partial charge in [0.15, 0.2) is 5.82 Å². The van der Waals surface area contributed by atoms with Gasteiger partial charge in [0.2, 0.25) is 0 Å². The smallest absolute Gasteiger partial charge is 0.252 e. The van der Waals surface area contributed by atoms with Gasteiger partial charge in [0.25, 0.3) is 5.56 Å². The van der Waals surface area contributed by atoms with Crippen LogP contribution in [0, 0.1) is 12.8 Å². The van der Waals surface area contributed by atoms with E-state index < -0.39 is 0 Å². The van der Waals surface area contributed by atoms with E-state index in [0.717, 1.165) is 47.2 Å². The number of rotatable bonds is 8. The van der Waals surface area contributed by atoms with E-state index in [0.29, 0.717) is 12.6 Å². The highest BCUT2D eigenvalue weighted by atomic mass is 32.1. The van der Waals surface area contributed by atoms with Gasteiger partial charge < -0.3 is 4.98 Å². The number of aromatic nitrogens is 5. The average Bonchev–Trinajstić information content (AvgIpc) is 3.53. The highest BCUT2D eigenvalue weighted by Gasteiger charge is 2.32. The van der Waals surface area contributed by atoms with E-state index in [1.807, 2.05) is 25.1 Å². The van der Waals surface area contributed by atoms with Crippen molar-refractivity contribution in [1.29, 1.82) is 0 Å². The van der Waals surface area contributed by atoms with Crippen molar-refractivity contribution >= 4 is 22.2 Å². The van der Waals surface area contributed by atoms with Crippen molar-refractivity contribution in [3.05, 3.63) is 74.0 Å². The summed E-state index contributed by atoms with van der Waals surface area (Å²) >= 11 is 1.74. The van der Waals surface area contributed by atoms with Crippen LogP contribution in [0.1, 0.15) is 79.9 Å². The molecule has 184 valence electrons. The zero-order valence-corrected chi connectivity index (χ0v) is 21.6. The number of benzene rings is 1. The number of nitrogens with zero attached hydrogens (tertiary/aromatic N) is 5. The topological polar surface area (TPSA) is 79.7 Å². The van der Waals surface area contributed by atoms with Crippen LogP contribution in [0.5, 0.6) is 0 Å². The molecule has 0 spiro atoms. The van der Waals surface area contributed by atoms with Crippen LogP contribution < -0.4 is 5.56 Å². The minimum Gasteiger partial charge on any atom is -0.321 e. The molecular weight excluding hydrogens is 456 g/mol. The summed E-state index contributed by atoms with van der Waals surface area (Å²) in [5.41, 5.74) is 2.72. The highest BCUT2D eigenvalue weighted by molar-refractivity contribution is 7.09. The van der Waals surface area contributed by atoms with E-state index in [9.17, 15) is 4.79 Å². The molecular formula is C27H34N6OS. The number of tetrazole rings is 1. The van der Waals surface area contributed by atoms with E-state index in [1.54, 1.807) is 11.3 Å². The number of aromatic amines is 1. The maximum Gasteiger partial charge on any atom is 0.252 e. The third-order valence-electron chi connectivity index (χ3n) is 7.21. The lowest BCUT2D eigenvalue weighted by atomic mass is 9.94. The number of thiophene rings is 1. The minimum atomic E-state index is -0.0302. The Labute approximate surface area is 210 Å². The van der Waals surface area contributed by atoms with Crippen molar-refractivity contribution in [2.75, 3.05) is 0 Å². The predicted molar refractivity (Wildman–Crippen MR) is 140 cm³/mol. The van der Waals surface area contributed by atoms with Crippen LogP contribution in [0.15, 0.2) is 46.6 Å². The molecule has 1 aliphatic carbocycles. The Morgan fingerprint density at radius 2 is 1.97 bits per heavy atom. The fourth-order valence-electron chi connectivity index (χ4n) is 5.48. The van der Waals surface area contributed by atoms with Crippen LogP contribution in [0.25, 0.3) is 10.9 Å².